The Bertz CT molecular complexity index is 319. The summed E-state index contributed by atoms with van der Waals surface area (Å²) >= 11 is 0. The molecule has 1 unspecified atom stereocenters. The highest BCUT2D eigenvalue weighted by Gasteiger charge is 2.34. The van der Waals surface area contributed by atoms with E-state index in [2.05, 4.69) is 37.2 Å². The topological polar surface area (TPSA) is 28.4 Å². The van der Waals surface area contributed by atoms with Gasteiger partial charge in [0.05, 0.1) is 12.8 Å². The van der Waals surface area contributed by atoms with Gasteiger partial charge in [0.15, 0.2) is 0 Å². The van der Waals surface area contributed by atoms with E-state index in [-0.39, 0.29) is 0 Å². The maximum atomic E-state index is 5.40. The molecule has 0 aliphatic carbocycles. The highest BCUT2D eigenvalue weighted by Crippen LogP contribution is 2.29. The Morgan fingerprint density at radius 3 is 2.94 bits per heavy atom. The van der Waals surface area contributed by atoms with Crippen LogP contribution in [0.1, 0.15) is 26.0 Å². The van der Waals surface area contributed by atoms with E-state index >= 15 is 0 Å². The van der Waals surface area contributed by atoms with Crippen molar-refractivity contribution in [3.05, 3.63) is 24.2 Å². The lowest BCUT2D eigenvalue weighted by Crippen LogP contribution is -2.53. The molecule has 3 nitrogen and oxygen atoms in total. The zero-order valence-electron chi connectivity index (χ0n) is 10.5. The fourth-order valence-electron chi connectivity index (χ4n) is 2.76. The molecule has 1 fully saturated rings. The van der Waals surface area contributed by atoms with Crippen molar-refractivity contribution < 1.29 is 4.42 Å². The minimum absolute atomic E-state index is 0.333. The zero-order valence-corrected chi connectivity index (χ0v) is 10.5. The normalized spacial score (nSPS) is 25.8. The second-order valence-electron chi connectivity index (χ2n) is 5.41. The lowest BCUT2D eigenvalue weighted by atomic mass is 9.79. The van der Waals surface area contributed by atoms with Crippen LogP contribution in [0.3, 0.4) is 0 Å². The van der Waals surface area contributed by atoms with E-state index in [1.54, 1.807) is 6.26 Å². The summed E-state index contributed by atoms with van der Waals surface area (Å²) in [6.45, 7) is 7.88. The van der Waals surface area contributed by atoms with Crippen molar-refractivity contribution in [2.45, 2.75) is 32.9 Å². The Morgan fingerprint density at radius 2 is 2.38 bits per heavy atom. The lowest BCUT2D eigenvalue weighted by Gasteiger charge is -2.44. The minimum Gasteiger partial charge on any atom is -0.468 e. The lowest BCUT2D eigenvalue weighted by molar-refractivity contribution is 0.0716. The molecular formula is C13H22N2O. The molecule has 1 aliphatic rings. The number of rotatable bonds is 3. The van der Waals surface area contributed by atoms with E-state index in [0.717, 1.165) is 25.4 Å². The summed E-state index contributed by atoms with van der Waals surface area (Å²) in [5.41, 5.74) is 0.333. The number of hydrogen-bond donors (Lipinski definition) is 1. The molecular weight excluding hydrogens is 200 g/mol. The monoisotopic (exact) mass is 222 g/mol. The summed E-state index contributed by atoms with van der Waals surface area (Å²) in [5, 5.41) is 3.42. The van der Waals surface area contributed by atoms with Gasteiger partial charge in [-0.3, -0.25) is 4.90 Å². The van der Waals surface area contributed by atoms with Crippen LogP contribution in [0.5, 0.6) is 0 Å². The predicted octanol–water partition coefficient (Wildman–Crippen LogP) is 2.10. The molecule has 1 aliphatic heterocycles. The molecule has 0 spiro atoms. The Kier molecular flexibility index (Phi) is 3.36. The molecule has 1 atom stereocenters. The third-order valence-electron chi connectivity index (χ3n) is 3.62. The number of piperidine rings is 1. The van der Waals surface area contributed by atoms with Crippen LogP contribution >= 0.6 is 0 Å². The van der Waals surface area contributed by atoms with E-state index < -0.39 is 0 Å². The summed E-state index contributed by atoms with van der Waals surface area (Å²) in [4.78, 5) is 2.48. The predicted molar refractivity (Wildman–Crippen MR) is 65.2 cm³/mol. The summed E-state index contributed by atoms with van der Waals surface area (Å²) in [6.07, 6.45) is 2.96. The van der Waals surface area contributed by atoms with Gasteiger partial charge in [0.1, 0.15) is 5.76 Å². The van der Waals surface area contributed by atoms with Crippen LogP contribution in [-0.4, -0.2) is 31.1 Å². The van der Waals surface area contributed by atoms with Crippen molar-refractivity contribution in [3.63, 3.8) is 0 Å². The van der Waals surface area contributed by atoms with Gasteiger partial charge in [-0.1, -0.05) is 13.8 Å². The van der Waals surface area contributed by atoms with Gasteiger partial charge in [-0.25, -0.2) is 0 Å². The first-order valence-electron chi connectivity index (χ1n) is 6.04. The molecule has 90 valence electrons. The molecule has 0 radical (unpaired) electrons. The van der Waals surface area contributed by atoms with Gasteiger partial charge < -0.3 is 9.73 Å². The van der Waals surface area contributed by atoms with Gasteiger partial charge in [0, 0.05) is 19.1 Å². The summed E-state index contributed by atoms with van der Waals surface area (Å²) in [6, 6.07) is 4.64. The van der Waals surface area contributed by atoms with Crippen LogP contribution < -0.4 is 5.32 Å². The first-order valence-corrected chi connectivity index (χ1v) is 6.04. The molecule has 1 saturated heterocycles. The summed E-state index contributed by atoms with van der Waals surface area (Å²) < 4.78 is 5.40. The minimum atomic E-state index is 0.333. The van der Waals surface area contributed by atoms with Gasteiger partial charge in [-0.2, -0.15) is 0 Å². The molecule has 1 aromatic heterocycles. The average molecular weight is 222 g/mol. The van der Waals surface area contributed by atoms with Crippen molar-refractivity contribution in [2.24, 2.45) is 5.41 Å². The molecule has 1 aromatic rings. The van der Waals surface area contributed by atoms with Crippen molar-refractivity contribution in [1.29, 1.82) is 0 Å². The second kappa shape index (κ2) is 4.60. The van der Waals surface area contributed by atoms with E-state index in [1.807, 2.05) is 6.07 Å². The maximum absolute atomic E-state index is 5.40. The SMILES string of the molecule is CNC1CCN(Cc2ccco2)CC1(C)C. The number of likely N-dealkylation sites (tertiary alicyclic amines) is 1. The Balaban J connectivity index is 1.95. The third-order valence-corrected chi connectivity index (χ3v) is 3.62. The molecule has 0 bridgehead atoms. The van der Waals surface area contributed by atoms with E-state index in [9.17, 15) is 0 Å². The van der Waals surface area contributed by atoms with Crippen molar-refractivity contribution in [1.82, 2.24) is 10.2 Å². The Labute approximate surface area is 97.8 Å². The zero-order chi connectivity index (χ0) is 11.6. The van der Waals surface area contributed by atoms with Crippen LogP contribution in [0.15, 0.2) is 22.8 Å². The fraction of sp³-hybridized carbons (Fsp3) is 0.692. The third kappa shape index (κ3) is 2.47. The van der Waals surface area contributed by atoms with Crippen LogP contribution in [0.2, 0.25) is 0 Å². The summed E-state index contributed by atoms with van der Waals surface area (Å²) in [5.74, 6) is 1.07. The van der Waals surface area contributed by atoms with Gasteiger partial charge >= 0.3 is 0 Å². The summed E-state index contributed by atoms with van der Waals surface area (Å²) in [7, 11) is 2.06. The second-order valence-corrected chi connectivity index (χ2v) is 5.41. The molecule has 0 saturated carbocycles. The smallest absolute Gasteiger partial charge is 0.117 e. The number of nitrogens with one attached hydrogen (secondary N) is 1. The van der Waals surface area contributed by atoms with Gasteiger partial charge in [0.2, 0.25) is 0 Å². The molecule has 2 heterocycles. The number of nitrogens with zero attached hydrogens (tertiary/aromatic N) is 1. The first kappa shape index (κ1) is 11.7. The molecule has 3 heteroatoms. The average Bonchev–Trinajstić information content (AvgIpc) is 2.69. The Hall–Kier alpha value is -0.800. The van der Waals surface area contributed by atoms with Crippen LogP contribution in [0.4, 0.5) is 0 Å². The van der Waals surface area contributed by atoms with Crippen molar-refractivity contribution >= 4 is 0 Å². The van der Waals surface area contributed by atoms with Crippen molar-refractivity contribution in [3.8, 4) is 0 Å². The van der Waals surface area contributed by atoms with Crippen molar-refractivity contribution in [2.75, 3.05) is 20.1 Å². The van der Waals surface area contributed by atoms with E-state index in [1.165, 1.54) is 6.42 Å². The first-order chi connectivity index (χ1) is 7.62. The fourth-order valence-corrected chi connectivity index (χ4v) is 2.76. The number of hydrogen-bond acceptors (Lipinski definition) is 3. The molecule has 16 heavy (non-hydrogen) atoms. The highest BCUT2D eigenvalue weighted by molar-refractivity contribution is 5.00. The highest BCUT2D eigenvalue weighted by atomic mass is 16.3. The quantitative estimate of drug-likeness (QED) is 0.849. The standard InChI is InChI=1S/C13H22N2O/c1-13(2)10-15(7-6-12(13)14-3)9-11-5-4-8-16-11/h4-5,8,12,14H,6-7,9-10H2,1-3H3. The Morgan fingerprint density at radius 1 is 1.56 bits per heavy atom. The molecule has 1 N–H and O–H groups in total. The van der Waals surface area contributed by atoms with Crippen LogP contribution in [0.25, 0.3) is 0 Å². The van der Waals surface area contributed by atoms with Gasteiger partial charge in [0.25, 0.3) is 0 Å². The van der Waals surface area contributed by atoms with Crippen LogP contribution in [-0.2, 0) is 6.54 Å². The molecule has 0 amide bonds. The van der Waals surface area contributed by atoms with E-state index in [0.29, 0.717) is 11.5 Å². The molecule has 2 rings (SSSR count). The number of furan rings is 1. The van der Waals surface area contributed by atoms with Gasteiger partial charge in [-0.15, -0.1) is 0 Å². The largest absolute Gasteiger partial charge is 0.468 e. The molecule has 0 aromatic carbocycles. The maximum Gasteiger partial charge on any atom is 0.117 e. The van der Waals surface area contributed by atoms with E-state index in [4.69, 9.17) is 4.42 Å². The van der Waals surface area contributed by atoms with Gasteiger partial charge in [-0.05, 0) is 31.0 Å². The van der Waals surface area contributed by atoms with Crippen LogP contribution in [0, 0.1) is 5.41 Å².